The largest absolute Gasteiger partial charge is 0.463 e. The van der Waals surface area contributed by atoms with E-state index in [9.17, 15) is 4.79 Å². The second-order valence-electron chi connectivity index (χ2n) is 3.99. The van der Waals surface area contributed by atoms with Gasteiger partial charge in [-0.25, -0.2) is 4.79 Å². The first kappa shape index (κ1) is 16.3. The molecule has 0 spiro atoms. The second kappa shape index (κ2) is 8.44. The lowest BCUT2D eigenvalue weighted by molar-refractivity contribution is -0.137. The van der Waals surface area contributed by atoms with Crippen LogP contribution in [0.2, 0.25) is 12.1 Å². The van der Waals surface area contributed by atoms with Crippen molar-refractivity contribution in [2.45, 2.75) is 45.9 Å². The number of carbonyl (C=O) groups excluding carboxylic acids is 1. The third-order valence-electron chi connectivity index (χ3n) is 2.29. The summed E-state index contributed by atoms with van der Waals surface area (Å²) in [5.41, 5.74) is 0. The van der Waals surface area contributed by atoms with Crippen LogP contribution in [-0.2, 0) is 18.4 Å². The summed E-state index contributed by atoms with van der Waals surface area (Å²) in [4.78, 5) is 11.0. The van der Waals surface area contributed by atoms with Crippen LogP contribution in [0.15, 0.2) is 12.7 Å². The molecule has 0 fully saturated rings. The van der Waals surface area contributed by atoms with Crippen LogP contribution in [0.4, 0.5) is 0 Å². The lowest BCUT2D eigenvalue weighted by Gasteiger charge is -2.31. The molecule has 4 nitrogen and oxygen atoms in total. The Morgan fingerprint density at radius 1 is 1.41 bits per heavy atom. The van der Waals surface area contributed by atoms with Crippen LogP contribution in [0.3, 0.4) is 0 Å². The fourth-order valence-electron chi connectivity index (χ4n) is 1.59. The van der Waals surface area contributed by atoms with Gasteiger partial charge in [-0.3, -0.25) is 0 Å². The first-order chi connectivity index (χ1) is 7.99. The zero-order valence-corrected chi connectivity index (χ0v) is 12.3. The minimum Gasteiger partial charge on any atom is -0.463 e. The van der Waals surface area contributed by atoms with Gasteiger partial charge in [-0.1, -0.05) is 13.5 Å². The Bertz CT molecular complexity index is 243. The van der Waals surface area contributed by atoms with Crippen molar-refractivity contribution < 1.29 is 18.4 Å². The molecule has 0 aliphatic carbocycles. The maximum Gasteiger partial charge on any atom is 0.341 e. The summed E-state index contributed by atoms with van der Waals surface area (Å²) in [7, 11) is -2.22. The Balaban J connectivity index is 4.35. The van der Waals surface area contributed by atoms with E-state index in [1.807, 2.05) is 20.8 Å². The van der Waals surface area contributed by atoms with Gasteiger partial charge in [0.2, 0.25) is 0 Å². The monoisotopic (exact) mass is 260 g/mol. The molecule has 0 radical (unpaired) electrons. The summed E-state index contributed by atoms with van der Waals surface area (Å²) < 4.78 is 16.7. The Hall–Kier alpha value is -0.653. The summed E-state index contributed by atoms with van der Waals surface area (Å²) in [5.74, 6) is -0.398. The molecule has 0 amide bonds. The molecule has 1 atom stereocenters. The van der Waals surface area contributed by atoms with Crippen molar-refractivity contribution in [2.24, 2.45) is 0 Å². The minimum absolute atomic E-state index is 0.128. The first-order valence-electron chi connectivity index (χ1n) is 6.10. The van der Waals surface area contributed by atoms with Gasteiger partial charge in [0.25, 0.3) is 0 Å². The highest BCUT2D eigenvalue weighted by molar-refractivity contribution is 6.67. The Morgan fingerprint density at radius 2 is 2.06 bits per heavy atom. The summed E-state index contributed by atoms with van der Waals surface area (Å²) >= 11 is 0. The molecule has 0 saturated carbocycles. The minimum atomic E-state index is -2.22. The van der Waals surface area contributed by atoms with Gasteiger partial charge >= 0.3 is 14.5 Å². The standard InChI is InChI=1S/C12H24O4Si/c1-6-12(13)14-9-10-17(8-3,15-7-2)16-11(4)5/h6,11H,1,7-10H2,2-5H3. The highest BCUT2D eigenvalue weighted by atomic mass is 28.4. The molecule has 0 aromatic rings. The average molecular weight is 260 g/mol. The third kappa shape index (κ3) is 6.60. The number of hydrogen-bond acceptors (Lipinski definition) is 4. The number of esters is 1. The molecule has 0 bridgehead atoms. The van der Waals surface area contributed by atoms with Gasteiger partial charge in [-0.2, -0.15) is 0 Å². The van der Waals surface area contributed by atoms with Crippen molar-refractivity contribution in [3.63, 3.8) is 0 Å². The normalized spacial score (nSPS) is 14.4. The molecule has 0 aromatic carbocycles. The van der Waals surface area contributed by atoms with Crippen LogP contribution in [-0.4, -0.2) is 33.8 Å². The van der Waals surface area contributed by atoms with E-state index in [4.69, 9.17) is 13.6 Å². The maximum atomic E-state index is 11.0. The Kier molecular flexibility index (Phi) is 8.12. The number of rotatable bonds is 9. The van der Waals surface area contributed by atoms with Crippen LogP contribution >= 0.6 is 0 Å². The predicted octanol–water partition coefficient (Wildman–Crippen LogP) is 2.64. The fraction of sp³-hybridized carbons (Fsp3) is 0.750. The molecule has 1 unspecified atom stereocenters. The van der Waals surface area contributed by atoms with E-state index in [0.717, 1.165) is 6.04 Å². The molecular weight excluding hydrogens is 236 g/mol. The zero-order chi connectivity index (χ0) is 13.3. The summed E-state index contributed by atoms with van der Waals surface area (Å²) in [5, 5.41) is 0. The maximum absolute atomic E-state index is 11.0. The lowest BCUT2D eigenvalue weighted by atomic mass is 10.5. The van der Waals surface area contributed by atoms with Gasteiger partial charge in [-0.15, -0.1) is 0 Å². The molecular formula is C12H24O4Si. The van der Waals surface area contributed by atoms with Crippen molar-refractivity contribution in [1.29, 1.82) is 0 Å². The summed E-state index contributed by atoms with van der Waals surface area (Å²) in [6.07, 6.45) is 1.29. The topological polar surface area (TPSA) is 44.8 Å². The van der Waals surface area contributed by atoms with Gasteiger partial charge in [-0.05, 0) is 26.8 Å². The molecule has 0 aliphatic heterocycles. The van der Waals surface area contributed by atoms with Crippen molar-refractivity contribution >= 4 is 14.5 Å². The molecule has 0 aliphatic rings. The highest BCUT2D eigenvalue weighted by Gasteiger charge is 2.36. The van der Waals surface area contributed by atoms with Crippen LogP contribution in [0.1, 0.15) is 27.7 Å². The molecule has 0 saturated heterocycles. The number of carbonyl (C=O) groups is 1. The van der Waals surface area contributed by atoms with Gasteiger partial charge < -0.3 is 13.6 Å². The summed E-state index contributed by atoms with van der Waals surface area (Å²) in [6.45, 7) is 12.3. The Labute approximate surface area is 105 Å². The van der Waals surface area contributed by atoms with Gasteiger partial charge in [0.15, 0.2) is 0 Å². The SMILES string of the molecule is C=CC(=O)OCC[Si](CC)(OCC)OC(C)C. The van der Waals surface area contributed by atoms with Gasteiger partial charge in [0.05, 0.1) is 6.61 Å². The lowest BCUT2D eigenvalue weighted by Crippen LogP contribution is -2.44. The second-order valence-corrected chi connectivity index (χ2v) is 7.54. The molecule has 0 heterocycles. The third-order valence-corrected chi connectivity index (χ3v) is 6.05. The van der Waals surface area contributed by atoms with Crippen molar-refractivity contribution in [3.05, 3.63) is 12.7 Å². The predicted molar refractivity (Wildman–Crippen MR) is 70.0 cm³/mol. The van der Waals surface area contributed by atoms with E-state index in [-0.39, 0.29) is 6.10 Å². The molecule has 0 aromatic heterocycles. The van der Waals surface area contributed by atoms with Crippen LogP contribution in [0, 0.1) is 0 Å². The quantitative estimate of drug-likeness (QED) is 0.363. The molecule has 17 heavy (non-hydrogen) atoms. The molecule has 100 valence electrons. The Morgan fingerprint density at radius 3 is 2.47 bits per heavy atom. The van der Waals surface area contributed by atoms with Gasteiger partial charge in [0, 0.05) is 24.8 Å². The van der Waals surface area contributed by atoms with Crippen molar-refractivity contribution in [1.82, 2.24) is 0 Å². The van der Waals surface area contributed by atoms with Crippen LogP contribution < -0.4 is 0 Å². The smallest absolute Gasteiger partial charge is 0.341 e. The van der Waals surface area contributed by atoms with Gasteiger partial charge in [0.1, 0.15) is 0 Å². The van der Waals surface area contributed by atoms with E-state index in [1.54, 1.807) is 0 Å². The van der Waals surface area contributed by atoms with E-state index in [0.29, 0.717) is 19.3 Å². The average Bonchev–Trinajstić information content (AvgIpc) is 2.28. The fourth-order valence-corrected chi connectivity index (χ4v) is 4.44. The van der Waals surface area contributed by atoms with E-state index >= 15 is 0 Å². The van der Waals surface area contributed by atoms with Crippen LogP contribution in [0.5, 0.6) is 0 Å². The van der Waals surface area contributed by atoms with Crippen molar-refractivity contribution in [2.75, 3.05) is 13.2 Å². The highest BCUT2D eigenvalue weighted by Crippen LogP contribution is 2.21. The first-order valence-corrected chi connectivity index (χ1v) is 8.33. The van der Waals surface area contributed by atoms with E-state index in [2.05, 4.69) is 13.5 Å². The summed E-state index contributed by atoms with van der Waals surface area (Å²) in [6, 6.07) is 1.51. The molecule has 5 heteroatoms. The molecule has 0 N–H and O–H groups in total. The van der Waals surface area contributed by atoms with Crippen LogP contribution in [0.25, 0.3) is 0 Å². The van der Waals surface area contributed by atoms with Crippen molar-refractivity contribution in [3.8, 4) is 0 Å². The van der Waals surface area contributed by atoms with E-state index in [1.165, 1.54) is 6.08 Å². The zero-order valence-electron chi connectivity index (χ0n) is 11.3. The molecule has 0 rings (SSSR count). The number of hydrogen-bond donors (Lipinski definition) is 0. The van der Waals surface area contributed by atoms with E-state index < -0.39 is 14.5 Å². The number of ether oxygens (including phenoxy) is 1.